The summed E-state index contributed by atoms with van der Waals surface area (Å²) in [6, 6.07) is 9.88. The van der Waals surface area contributed by atoms with Crippen LogP contribution >= 0.6 is 11.3 Å². The SMILES string of the molecule is O=C(Nc1nncs1)N1CCC([C@H](O)Cc2ccccc2)CC1. The zero-order valence-corrected chi connectivity index (χ0v) is 13.6. The number of anilines is 1. The van der Waals surface area contributed by atoms with Crippen molar-refractivity contribution in [3.05, 3.63) is 41.4 Å². The monoisotopic (exact) mass is 332 g/mol. The first-order valence-electron chi connectivity index (χ1n) is 7.76. The second-order valence-electron chi connectivity index (χ2n) is 5.76. The summed E-state index contributed by atoms with van der Waals surface area (Å²) < 4.78 is 0. The van der Waals surface area contributed by atoms with Crippen LogP contribution in [0.4, 0.5) is 9.93 Å². The predicted octanol–water partition coefficient (Wildman–Crippen LogP) is 2.39. The molecular formula is C16H20N4O2S. The van der Waals surface area contributed by atoms with Gasteiger partial charge in [-0.15, -0.1) is 10.2 Å². The number of aliphatic hydroxyl groups excluding tert-OH is 1. The molecule has 1 aromatic carbocycles. The van der Waals surface area contributed by atoms with Crippen LogP contribution in [0.5, 0.6) is 0 Å². The van der Waals surface area contributed by atoms with Crippen LogP contribution in [0, 0.1) is 5.92 Å². The van der Waals surface area contributed by atoms with Crippen LogP contribution in [0.25, 0.3) is 0 Å². The first-order valence-corrected chi connectivity index (χ1v) is 8.64. The number of rotatable bonds is 4. The number of amides is 2. The Kier molecular flexibility index (Phi) is 5.19. The largest absolute Gasteiger partial charge is 0.392 e. The highest BCUT2D eigenvalue weighted by atomic mass is 32.1. The van der Waals surface area contributed by atoms with E-state index < -0.39 is 0 Å². The van der Waals surface area contributed by atoms with Crippen molar-refractivity contribution in [2.45, 2.75) is 25.4 Å². The quantitative estimate of drug-likeness (QED) is 0.901. The van der Waals surface area contributed by atoms with Gasteiger partial charge in [0.05, 0.1) is 6.10 Å². The first kappa shape index (κ1) is 15.9. The van der Waals surface area contributed by atoms with Crippen molar-refractivity contribution in [3.8, 4) is 0 Å². The van der Waals surface area contributed by atoms with E-state index in [1.54, 1.807) is 10.4 Å². The molecule has 3 rings (SSSR count). The molecule has 1 aliphatic heterocycles. The number of nitrogens with one attached hydrogen (secondary N) is 1. The van der Waals surface area contributed by atoms with Gasteiger partial charge < -0.3 is 10.0 Å². The van der Waals surface area contributed by atoms with Crippen LogP contribution in [0.15, 0.2) is 35.8 Å². The topological polar surface area (TPSA) is 78.4 Å². The third-order valence-corrected chi connectivity index (χ3v) is 4.84. The summed E-state index contributed by atoms with van der Waals surface area (Å²) in [7, 11) is 0. The molecule has 7 heteroatoms. The summed E-state index contributed by atoms with van der Waals surface area (Å²) >= 11 is 1.30. The summed E-state index contributed by atoms with van der Waals surface area (Å²) in [6.07, 6.45) is 1.95. The highest BCUT2D eigenvalue weighted by Crippen LogP contribution is 2.23. The second kappa shape index (κ2) is 7.52. The summed E-state index contributed by atoms with van der Waals surface area (Å²) in [5.74, 6) is 0.237. The molecule has 122 valence electrons. The molecule has 2 heterocycles. The minimum absolute atomic E-state index is 0.141. The van der Waals surface area contributed by atoms with Gasteiger partial charge in [0.15, 0.2) is 0 Å². The van der Waals surface area contributed by atoms with Crippen molar-refractivity contribution >= 4 is 22.5 Å². The van der Waals surface area contributed by atoms with E-state index in [0.29, 0.717) is 24.6 Å². The third kappa shape index (κ3) is 4.27. The Labute approximate surface area is 139 Å². The average Bonchev–Trinajstić information content (AvgIpc) is 3.09. The number of urea groups is 1. The lowest BCUT2D eigenvalue weighted by atomic mass is 9.88. The molecule has 1 aliphatic rings. The Morgan fingerprint density at radius 2 is 2.09 bits per heavy atom. The van der Waals surface area contributed by atoms with Gasteiger partial charge in [-0.3, -0.25) is 5.32 Å². The Morgan fingerprint density at radius 1 is 1.35 bits per heavy atom. The van der Waals surface area contributed by atoms with E-state index in [1.165, 1.54) is 11.3 Å². The minimum Gasteiger partial charge on any atom is -0.392 e. The molecule has 0 bridgehead atoms. The van der Waals surface area contributed by atoms with E-state index in [-0.39, 0.29) is 18.1 Å². The molecule has 0 radical (unpaired) electrons. The van der Waals surface area contributed by atoms with Crippen molar-refractivity contribution in [3.63, 3.8) is 0 Å². The average molecular weight is 332 g/mol. The van der Waals surface area contributed by atoms with Gasteiger partial charge in [-0.1, -0.05) is 41.7 Å². The van der Waals surface area contributed by atoms with Crippen LogP contribution in [-0.2, 0) is 6.42 Å². The molecule has 2 aromatic rings. The Balaban J connectivity index is 1.47. The maximum atomic E-state index is 12.1. The van der Waals surface area contributed by atoms with E-state index in [1.807, 2.05) is 30.3 Å². The van der Waals surface area contributed by atoms with Gasteiger partial charge in [-0.2, -0.15) is 0 Å². The maximum absolute atomic E-state index is 12.1. The standard InChI is InChI=1S/C16H20N4O2S/c21-14(10-12-4-2-1-3-5-12)13-6-8-20(9-7-13)16(22)18-15-19-17-11-23-15/h1-5,11,13-14,21H,6-10H2,(H,18,19,22)/t14-/m1/s1. The van der Waals surface area contributed by atoms with E-state index in [4.69, 9.17) is 0 Å². The summed E-state index contributed by atoms with van der Waals surface area (Å²) in [5.41, 5.74) is 2.73. The molecule has 2 N–H and O–H groups in total. The normalized spacial score (nSPS) is 17.0. The lowest BCUT2D eigenvalue weighted by Crippen LogP contribution is -2.43. The smallest absolute Gasteiger partial charge is 0.323 e. The molecule has 0 saturated carbocycles. The molecule has 0 spiro atoms. The summed E-state index contributed by atoms with van der Waals surface area (Å²) in [6.45, 7) is 1.31. The van der Waals surface area contributed by atoms with Crippen molar-refractivity contribution in [2.24, 2.45) is 5.92 Å². The first-order chi connectivity index (χ1) is 11.2. The highest BCUT2D eigenvalue weighted by Gasteiger charge is 2.27. The van der Waals surface area contributed by atoms with Crippen LogP contribution < -0.4 is 5.32 Å². The lowest BCUT2D eigenvalue weighted by molar-refractivity contribution is 0.0689. The van der Waals surface area contributed by atoms with Gasteiger partial charge in [-0.05, 0) is 30.7 Å². The molecule has 1 atom stereocenters. The van der Waals surface area contributed by atoms with Crippen LogP contribution in [-0.4, -0.2) is 45.4 Å². The number of piperidine rings is 1. The fraction of sp³-hybridized carbons (Fsp3) is 0.438. The molecule has 0 aliphatic carbocycles. The van der Waals surface area contributed by atoms with E-state index in [2.05, 4.69) is 15.5 Å². The van der Waals surface area contributed by atoms with Gasteiger partial charge >= 0.3 is 6.03 Å². The van der Waals surface area contributed by atoms with Gasteiger partial charge in [0.1, 0.15) is 5.51 Å². The number of carbonyl (C=O) groups excluding carboxylic acids is 1. The minimum atomic E-state index is -0.356. The number of aliphatic hydroxyl groups is 1. The molecule has 2 amide bonds. The number of nitrogens with zero attached hydrogens (tertiary/aromatic N) is 3. The Morgan fingerprint density at radius 3 is 2.74 bits per heavy atom. The van der Waals surface area contributed by atoms with Crippen molar-refractivity contribution in [1.29, 1.82) is 0 Å². The maximum Gasteiger partial charge on any atom is 0.323 e. The number of aromatic nitrogens is 2. The zero-order valence-electron chi connectivity index (χ0n) is 12.8. The summed E-state index contributed by atoms with van der Waals surface area (Å²) in [4.78, 5) is 13.9. The molecule has 6 nitrogen and oxygen atoms in total. The van der Waals surface area contributed by atoms with Crippen molar-refractivity contribution in [1.82, 2.24) is 15.1 Å². The van der Waals surface area contributed by atoms with E-state index in [0.717, 1.165) is 18.4 Å². The number of likely N-dealkylation sites (tertiary alicyclic amines) is 1. The number of carbonyl (C=O) groups is 1. The highest BCUT2D eigenvalue weighted by molar-refractivity contribution is 7.13. The van der Waals surface area contributed by atoms with E-state index >= 15 is 0 Å². The van der Waals surface area contributed by atoms with Gasteiger partial charge in [0, 0.05) is 13.1 Å². The zero-order chi connectivity index (χ0) is 16.1. The Bertz CT molecular complexity index is 612. The predicted molar refractivity (Wildman–Crippen MR) is 89.4 cm³/mol. The van der Waals surface area contributed by atoms with Crippen molar-refractivity contribution < 1.29 is 9.90 Å². The lowest BCUT2D eigenvalue weighted by Gasteiger charge is -2.34. The Hall–Kier alpha value is -1.99. The molecule has 1 fully saturated rings. The molecule has 1 aromatic heterocycles. The number of benzene rings is 1. The van der Waals surface area contributed by atoms with Crippen LogP contribution in [0.1, 0.15) is 18.4 Å². The van der Waals surface area contributed by atoms with Crippen LogP contribution in [0.3, 0.4) is 0 Å². The molecule has 23 heavy (non-hydrogen) atoms. The molecular weight excluding hydrogens is 312 g/mol. The van der Waals surface area contributed by atoms with Crippen molar-refractivity contribution in [2.75, 3.05) is 18.4 Å². The van der Waals surface area contributed by atoms with Gasteiger partial charge in [0.2, 0.25) is 5.13 Å². The van der Waals surface area contributed by atoms with E-state index in [9.17, 15) is 9.90 Å². The second-order valence-corrected chi connectivity index (χ2v) is 6.59. The third-order valence-electron chi connectivity index (χ3n) is 4.23. The number of hydrogen-bond acceptors (Lipinski definition) is 5. The molecule has 0 unspecified atom stereocenters. The fourth-order valence-corrected chi connectivity index (χ4v) is 3.34. The summed E-state index contributed by atoms with van der Waals surface area (Å²) in [5, 5.41) is 21.2. The molecule has 1 saturated heterocycles. The van der Waals surface area contributed by atoms with Crippen LogP contribution in [0.2, 0.25) is 0 Å². The van der Waals surface area contributed by atoms with Gasteiger partial charge in [-0.25, -0.2) is 4.79 Å². The fourth-order valence-electron chi connectivity index (χ4n) is 2.91. The number of hydrogen-bond donors (Lipinski definition) is 2. The van der Waals surface area contributed by atoms with Gasteiger partial charge in [0.25, 0.3) is 0 Å².